The van der Waals surface area contributed by atoms with Crippen LogP contribution >= 0.6 is 11.3 Å². The zero-order valence-electron chi connectivity index (χ0n) is 13.7. The molecule has 0 saturated heterocycles. The molecule has 0 saturated carbocycles. The van der Waals surface area contributed by atoms with Crippen LogP contribution in [0.25, 0.3) is 10.6 Å². The molecule has 24 heavy (non-hydrogen) atoms. The first-order chi connectivity index (χ1) is 11.5. The van der Waals surface area contributed by atoms with E-state index in [4.69, 9.17) is 0 Å². The van der Waals surface area contributed by atoms with E-state index in [2.05, 4.69) is 15.5 Å². The first-order valence-electron chi connectivity index (χ1n) is 7.79. The number of rotatable bonds is 5. The first kappa shape index (κ1) is 16.3. The molecule has 0 fully saturated rings. The van der Waals surface area contributed by atoms with E-state index in [1.54, 1.807) is 0 Å². The molecule has 0 bridgehead atoms. The summed E-state index contributed by atoms with van der Waals surface area (Å²) in [6, 6.07) is 19.8. The molecule has 1 amide bonds. The zero-order chi connectivity index (χ0) is 17.0. The van der Waals surface area contributed by atoms with Gasteiger partial charge in [-0.2, -0.15) is 0 Å². The molecule has 5 heteroatoms. The molecule has 122 valence electrons. The van der Waals surface area contributed by atoms with Gasteiger partial charge in [0.15, 0.2) is 0 Å². The van der Waals surface area contributed by atoms with Crippen molar-refractivity contribution in [3.8, 4) is 10.6 Å². The summed E-state index contributed by atoms with van der Waals surface area (Å²) in [6.07, 6.45) is 0.671. The third kappa shape index (κ3) is 3.86. The molecule has 0 radical (unpaired) electrons. The van der Waals surface area contributed by atoms with Crippen LogP contribution in [-0.2, 0) is 11.2 Å². The number of hydrogen-bond donors (Lipinski definition) is 1. The van der Waals surface area contributed by atoms with Gasteiger partial charge >= 0.3 is 0 Å². The first-order valence-corrected chi connectivity index (χ1v) is 8.60. The van der Waals surface area contributed by atoms with E-state index in [1.807, 2.05) is 74.5 Å². The van der Waals surface area contributed by atoms with Crippen molar-refractivity contribution in [1.82, 2.24) is 10.2 Å². The average Bonchev–Trinajstić information content (AvgIpc) is 3.05. The summed E-state index contributed by atoms with van der Waals surface area (Å²) in [5.41, 5.74) is 1.61. The lowest BCUT2D eigenvalue weighted by Gasteiger charge is -2.22. The number of nitrogens with one attached hydrogen (secondary N) is 1. The van der Waals surface area contributed by atoms with Gasteiger partial charge in [0.1, 0.15) is 5.01 Å². The van der Waals surface area contributed by atoms with E-state index in [0.717, 1.165) is 16.1 Å². The van der Waals surface area contributed by atoms with Crippen LogP contribution in [0.15, 0.2) is 60.7 Å². The van der Waals surface area contributed by atoms with Gasteiger partial charge in [-0.25, -0.2) is 0 Å². The Bertz CT molecular complexity index is 813. The van der Waals surface area contributed by atoms with Crippen molar-refractivity contribution in [2.45, 2.75) is 20.3 Å². The fourth-order valence-corrected chi connectivity index (χ4v) is 3.17. The lowest BCUT2D eigenvalue weighted by Crippen LogP contribution is -2.32. The van der Waals surface area contributed by atoms with E-state index in [-0.39, 0.29) is 5.91 Å². The second-order valence-electron chi connectivity index (χ2n) is 6.28. The van der Waals surface area contributed by atoms with Crippen LogP contribution in [0.4, 0.5) is 5.13 Å². The molecule has 0 aliphatic carbocycles. The van der Waals surface area contributed by atoms with Crippen LogP contribution < -0.4 is 5.32 Å². The highest BCUT2D eigenvalue weighted by atomic mass is 32.1. The Morgan fingerprint density at radius 3 is 2.29 bits per heavy atom. The van der Waals surface area contributed by atoms with Gasteiger partial charge in [-0.05, 0) is 12.0 Å². The van der Waals surface area contributed by atoms with Gasteiger partial charge in [0.05, 0.1) is 0 Å². The minimum Gasteiger partial charge on any atom is -0.300 e. The topological polar surface area (TPSA) is 54.9 Å². The average molecular weight is 337 g/mol. The fourth-order valence-electron chi connectivity index (χ4n) is 2.42. The number of carbonyl (C=O) groups is 1. The molecule has 1 N–H and O–H groups in total. The van der Waals surface area contributed by atoms with Crippen molar-refractivity contribution < 1.29 is 4.79 Å². The van der Waals surface area contributed by atoms with Gasteiger partial charge in [-0.15, -0.1) is 10.2 Å². The van der Waals surface area contributed by atoms with Crippen LogP contribution in [0.2, 0.25) is 0 Å². The number of aromatic nitrogens is 2. The van der Waals surface area contributed by atoms with Gasteiger partial charge in [0.25, 0.3) is 0 Å². The molecule has 0 spiro atoms. The summed E-state index contributed by atoms with van der Waals surface area (Å²) < 4.78 is 0. The standard InChI is InChI=1S/C19H19N3OS/c1-19(2,13-14-9-5-3-6-10-14)17(23)20-18-22-21-16(24-18)15-11-7-4-8-12-15/h3-12H,13H2,1-2H3,(H,20,22,23). The summed E-state index contributed by atoms with van der Waals surface area (Å²) in [7, 11) is 0. The number of nitrogens with zero attached hydrogens (tertiary/aromatic N) is 2. The largest absolute Gasteiger partial charge is 0.300 e. The van der Waals surface area contributed by atoms with Crippen LogP contribution in [0.3, 0.4) is 0 Å². The Morgan fingerprint density at radius 1 is 1.00 bits per heavy atom. The summed E-state index contributed by atoms with van der Waals surface area (Å²) >= 11 is 1.38. The van der Waals surface area contributed by atoms with Gasteiger partial charge in [-0.1, -0.05) is 85.8 Å². The van der Waals surface area contributed by atoms with Crippen LogP contribution in [0.5, 0.6) is 0 Å². The highest BCUT2D eigenvalue weighted by Gasteiger charge is 2.28. The van der Waals surface area contributed by atoms with Crippen LogP contribution in [0, 0.1) is 5.41 Å². The lowest BCUT2D eigenvalue weighted by molar-refractivity contribution is -0.123. The molecule has 1 heterocycles. The molecular weight excluding hydrogens is 318 g/mol. The number of anilines is 1. The van der Waals surface area contributed by atoms with Gasteiger partial charge in [0, 0.05) is 11.0 Å². The number of amides is 1. The van der Waals surface area contributed by atoms with Crippen LogP contribution in [-0.4, -0.2) is 16.1 Å². The lowest BCUT2D eigenvalue weighted by atomic mass is 9.85. The Balaban J connectivity index is 1.69. The smallest absolute Gasteiger partial charge is 0.232 e. The predicted molar refractivity (Wildman–Crippen MR) is 97.9 cm³/mol. The second-order valence-corrected chi connectivity index (χ2v) is 7.26. The van der Waals surface area contributed by atoms with E-state index in [0.29, 0.717) is 11.6 Å². The Labute approximate surface area is 145 Å². The SMILES string of the molecule is CC(C)(Cc1ccccc1)C(=O)Nc1nnc(-c2ccccc2)s1. The van der Waals surface area contributed by atoms with Crippen molar-refractivity contribution in [2.75, 3.05) is 5.32 Å². The molecule has 1 aromatic heterocycles. The van der Waals surface area contributed by atoms with Gasteiger partial charge in [0.2, 0.25) is 11.0 Å². The normalized spacial score (nSPS) is 11.2. The maximum Gasteiger partial charge on any atom is 0.232 e. The second kappa shape index (κ2) is 6.93. The number of carbonyl (C=O) groups excluding carboxylic acids is 1. The maximum atomic E-state index is 12.6. The molecule has 3 aromatic rings. The number of benzene rings is 2. The highest BCUT2D eigenvalue weighted by molar-refractivity contribution is 7.18. The fraction of sp³-hybridized carbons (Fsp3) is 0.211. The van der Waals surface area contributed by atoms with E-state index >= 15 is 0 Å². The summed E-state index contributed by atoms with van der Waals surface area (Å²) in [6.45, 7) is 3.88. The van der Waals surface area contributed by atoms with Gasteiger partial charge < -0.3 is 5.32 Å². The Morgan fingerprint density at radius 2 is 1.62 bits per heavy atom. The Hall–Kier alpha value is -2.53. The molecule has 3 rings (SSSR count). The minimum absolute atomic E-state index is 0.0536. The van der Waals surface area contributed by atoms with E-state index in [9.17, 15) is 4.79 Å². The molecular formula is C19H19N3OS. The summed E-state index contributed by atoms with van der Waals surface area (Å²) in [5, 5.41) is 12.5. The molecule has 0 aliphatic heterocycles. The van der Waals surface area contributed by atoms with E-state index < -0.39 is 5.41 Å². The molecule has 2 aromatic carbocycles. The quantitative estimate of drug-likeness (QED) is 0.750. The summed E-state index contributed by atoms with van der Waals surface area (Å²) in [4.78, 5) is 12.6. The highest BCUT2D eigenvalue weighted by Crippen LogP contribution is 2.28. The Kier molecular flexibility index (Phi) is 4.71. The predicted octanol–water partition coefficient (Wildman–Crippen LogP) is 4.41. The summed E-state index contributed by atoms with van der Waals surface area (Å²) in [5.74, 6) is -0.0536. The molecule has 4 nitrogen and oxygen atoms in total. The molecule has 0 unspecified atom stereocenters. The third-order valence-electron chi connectivity index (χ3n) is 3.77. The van der Waals surface area contributed by atoms with Crippen molar-refractivity contribution in [3.63, 3.8) is 0 Å². The van der Waals surface area contributed by atoms with Crippen molar-refractivity contribution >= 4 is 22.4 Å². The maximum absolute atomic E-state index is 12.6. The van der Waals surface area contributed by atoms with Crippen LogP contribution in [0.1, 0.15) is 19.4 Å². The number of hydrogen-bond acceptors (Lipinski definition) is 4. The molecule has 0 atom stereocenters. The third-order valence-corrected chi connectivity index (χ3v) is 4.66. The minimum atomic E-state index is -0.528. The van der Waals surface area contributed by atoms with Crippen molar-refractivity contribution in [1.29, 1.82) is 0 Å². The van der Waals surface area contributed by atoms with Crippen molar-refractivity contribution in [2.24, 2.45) is 5.41 Å². The van der Waals surface area contributed by atoms with Gasteiger partial charge in [-0.3, -0.25) is 4.79 Å². The zero-order valence-corrected chi connectivity index (χ0v) is 14.5. The van der Waals surface area contributed by atoms with Crippen molar-refractivity contribution in [3.05, 3.63) is 66.2 Å². The monoisotopic (exact) mass is 337 g/mol. The van der Waals surface area contributed by atoms with E-state index in [1.165, 1.54) is 11.3 Å². The molecule has 0 aliphatic rings.